The van der Waals surface area contributed by atoms with E-state index in [4.69, 9.17) is 17.1 Å². The van der Waals surface area contributed by atoms with E-state index in [1.54, 1.807) is 19.1 Å². The van der Waals surface area contributed by atoms with Gasteiger partial charge in [-0.1, -0.05) is 34.4 Å². The average molecular weight is 443 g/mol. The van der Waals surface area contributed by atoms with Crippen molar-refractivity contribution in [3.8, 4) is 0 Å². The van der Waals surface area contributed by atoms with Crippen LogP contribution in [0.15, 0.2) is 52.5 Å². The number of hydrogen-bond donors (Lipinski definition) is 1. The van der Waals surface area contributed by atoms with Gasteiger partial charge in [-0.3, -0.25) is 4.31 Å². The summed E-state index contributed by atoms with van der Waals surface area (Å²) in [5.74, 6) is -3.78. The lowest BCUT2D eigenvalue weighted by Gasteiger charge is -2.34. The van der Waals surface area contributed by atoms with Crippen LogP contribution in [0.25, 0.3) is 10.4 Å². The third kappa shape index (κ3) is 3.64. The van der Waals surface area contributed by atoms with Crippen LogP contribution in [-0.4, -0.2) is 32.5 Å². The van der Waals surface area contributed by atoms with E-state index in [1.165, 1.54) is 24.3 Å². The number of rotatable bonds is 4. The van der Waals surface area contributed by atoms with Gasteiger partial charge in [0.2, 0.25) is 0 Å². The Morgan fingerprint density at radius 3 is 2.55 bits per heavy atom. The summed E-state index contributed by atoms with van der Waals surface area (Å²) in [6.45, 7) is 0.217. The second-order valence-corrected chi connectivity index (χ2v) is 9.05. The van der Waals surface area contributed by atoms with Gasteiger partial charge in [0.15, 0.2) is 5.60 Å². The molecular weight excluding hydrogens is 426 g/mol. The first-order valence-corrected chi connectivity index (χ1v) is 10.4. The summed E-state index contributed by atoms with van der Waals surface area (Å²) in [5.41, 5.74) is 5.92. The molecule has 2 aromatic rings. The SMILES string of the molecule is Cc1ccc(S(=O)(=O)N2CCC(F)(F)C(O)(CN=[N+]=[N-])c3cc(Cl)ccc32)cc1. The van der Waals surface area contributed by atoms with Crippen molar-refractivity contribution >= 4 is 27.3 Å². The fourth-order valence-corrected chi connectivity index (χ4v) is 4.90. The molecule has 0 radical (unpaired) electrons. The van der Waals surface area contributed by atoms with Crippen LogP contribution < -0.4 is 4.31 Å². The Hall–Kier alpha value is -2.39. The minimum atomic E-state index is -4.21. The number of sulfonamides is 1. The second-order valence-electron chi connectivity index (χ2n) is 6.76. The molecule has 3 rings (SSSR count). The van der Waals surface area contributed by atoms with Crippen molar-refractivity contribution < 1.29 is 22.3 Å². The largest absolute Gasteiger partial charge is 0.379 e. The van der Waals surface area contributed by atoms with Crippen LogP contribution in [0.4, 0.5) is 14.5 Å². The predicted octanol–water partition coefficient (Wildman–Crippen LogP) is 4.38. The molecule has 29 heavy (non-hydrogen) atoms. The molecule has 1 atom stereocenters. The fraction of sp³-hybridized carbons (Fsp3) is 0.333. The van der Waals surface area contributed by atoms with Gasteiger partial charge in [0.1, 0.15) is 0 Å². The lowest BCUT2D eigenvalue weighted by Crippen LogP contribution is -2.47. The monoisotopic (exact) mass is 442 g/mol. The molecule has 0 aromatic heterocycles. The summed E-state index contributed by atoms with van der Waals surface area (Å²) in [7, 11) is -4.21. The number of aryl methyl sites for hydroxylation is 1. The van der Waals surface area contributed by atoms with E-state index in [0.29, 0.717) is 0 Å². The molecule has 0 fully saturated rings. The molecule has 0 amide bonds. The Labute approximate surface area is 171 Å². The maximum absolute atomic E-state index is 15.0. The zero-order chi connectivity index (χ0) is 21.4. The normalized spacial score (nSPS) is 21.1. The minimum absolute atomic E-state index is 0.0218. The first-order chi connectivity index (χ1) is 13.5. The zero-order valence-electron chi connectivity index (χ0n) is 15.3. The highest BCUT2D eigenvalue weighted by Crippen LogP contribution is 2.48. The minimum Gasteiger partial charge on any atom is -0.379 e. The van der Waals surface area contributed by atoms with Crippen molar-refractivity contribution in [3.05, 3.63) is 69.1 Å². The molecule has 0 bridgehead atoms. The van der Waals surface area contributed by atoms with E-state index < -0.39 is 46.6 Å². The molecule has 0 saturated carbocycles. The lowest BCUT2D eigenvalue weighted by atomic mass is 9.85. The summed E-state index contributed by atoms with van der Waals surface area (Å²) in [6.07, 6.45) is -0.984. The standard InChI is InChI=1S/C18H17ClF2N4O3S/c1-12-2-5-14(6-3-12)29(27,28)25-9-8-18(20,21)17(26,11-23-24-22)15-10-13(19)4-7-16(15)25/h2-7,10,26H,8-9,11H2,1H3. The quantitative estimate of drug-likeness (QED) is 0.431. The topological polar surface area (TPSA) is 106 Å². The van der Waals surface area contributed by atoms with E-state index in [0.717, 1.165) is 15.9 Å². The van der Waals surface area contributed by atoms with Crippen LogP contribution >= 0.6 is 11.6 Å². The molecule has 1 unspecified atom stereocenters. The van der Waals surface area contributed by atoms with Gasteiger partial charge in [-0.05, 0) is 42.8 Å². The van der Waals surface area contributed by atoms with E-state index >= 15 is 0 Å². The molecule has 154 valence electrons. The summed E-state index contributed by atoms with van der Waals surface area (Å²) in [5, 5.41) is 14.0. The van der Waals surface area contributed by atoms with Crippen LogP contribution in [0.5, 0.6) is 0 Å². The maximum atomic E-state index is 15.0. The third-order valence-corrected chi connectivity index (χ3v) is 6.94. The van der Waals surface area contributed by atoms with Gasteiger partial charge >= 0.3 is 0 Å². The second kappa shape index (κ2) is 7.46. The van der Waals surface area contributed by atoms with Gasteiger partial charge in [-0.2, -0.15) is 0 Å². The number of anilines is 1. The van der Waals surface area contributed by atoms with E-state index in [9.17, 15) is 22.3 Å². The molecule has 11 heteroatoms. The zero-order valence-corrected chi connectivity index (χ0v) is 16.8. The molecule has 7 nitrogen and oxygen atoms in total. The highest BCUT2D eigenvalue weighted by Gasteiger charge is 2.57. The summed E-state index contributed by atoms with van der Waals surface area (Å²) < 4.78 is 57.2. The van der Waals surface area contributed by atoms with Gasteiger partial charge in [-0.25, -0.2) is 17.2 Å². The van der Waals surface area contributed by atoms with Gasteiger partial charge in [-0.15, -0.1) is 0 Å². The number of hydrogen-bond acceptors (Lipinski definition) is 4. The molecule has 0 spiro atoms. The molecule has 1 aliphatic heterocycles. The number of fused-ring (bicyclic) bond motifs is 1. The Bertz CT molecular complexity index is 1090. The van der Waals surface area contributed by atoms with E-state index in [2.05, 4.69) is 10.0 Å². The molecule has 0 saturated heterocycles. The van der Waals surface area contributed by atoms with Crippen LogP contribution in [-0.2, 0) is 15.6 Å². The molecular formula is C18H17ClF2N4O3S. The number of halogens is 3. The fourth-order valence-electron chi connectivity index (χ4n) is 3.25. The number of alkyl halides is 2. The van der Waals surface area contributed by atoms with E-state index in [-0.39, 0.29) is 15.6 Å². The highest BCUT2D eigenvalue weighted by atomic mass is 35.5. The summed E-state index contributed by atoms with van der Waals surface area (Å²) >= 11 is 5.95. The first kappa shape index (κ1) is 21.3. The number of nitrogens with zero attached hydrogens (tertiary/aromatic N) is 4. The number of azide groups is 1. The third-order valence-electron chi connectivity index (χ3n) is 4.88. The van der Waals surface area contributed by atoms with Gasteiger partial charge in [0.05, 0.1) is 17.1 Å². The van der Waals surface area contributed by atoms with Crippen LogP contribution in [0, 0.1) is 6.92 Å². The van der Waals surface area contributed by atoms with Crippen molar-refractivity contribution in [1.29, 1.82) is 0 Å². The van der Waals surface area contributed by atoms with Gasteiger partial charge in [0, 0.05) is 28.5 Å². The Balaban J connectivity index is 2.25. The van der Waals surface area contributed by atoms with Crippen molar-refractivity contribution in [1.82, 2.24) is 0 Å². The van der Waals surface area contributed by atoms with Gasteiger partial charge < -0.3 is 5.11 Å². The molecule has 2 aromatic carbocycles. The highest BCUT2D eigenvalue weighted by molar-refractivity contribution is 7.92. The molecule has 0 aliphatic carbocycles. The average Bonchev–Trinajstić information content (AvgIpc) is 2.74. The van der Waals surface area contributed by atoms with Crippen molar-refractivity contribution in [2.75, 3.05) is 17.4 Å². The summed E-state index contributed by atoms with van der Waals surface area (Å²) in [4.78, 5) is 2.38. The first-order valence-electron chi connectivity index (χ1n) is 8.53. The molecule has 1 aliphatic rings. The Kier molecular flexibility index (Phi) is 5.48. The van der Waals surface area contributed by atoms with Crippen molar-refractivity contribution in [2.45, 2.75) is 29.8 Å². The number of benzene rings is 2. The van der Waals surface area contributed by atoms with E-state index in [1.807, 2.05) is 0 Å². The predicted molar refractivity (Wildman–Crippen MR) is 105 cm³/mol. The van der Waals surface area contributed by atoms with Crippen LogP contribution in [0.2, 0.25) is 5.02 Å². The van der Waals surface area contributed by atoms with Gasteiger partial charge in [0.25, 0.3) is 15.9 Å². The van der Waals surface area contributed by atoms with Crippen molar-refractivity contribution in [2.24, 2.45) is 5.11 Å². The Morgan fingerprint density at radius 1 is 1.28 bits per heavy atom. The Morgan fingerprint density at radius 2 is 1.93 bits per heavy atom. The summed E-state index contributed by atoms with van der Waals surface area (Å²) in [6, 6.07) is 9.63. The van der Waals surface area contributed by atoms with Crippen LogP contribution in [0.1, 0.15) is 17.5 Å². The maximum Gasteiger partial charge on any atom is 0.282 e. The molecule has 1 N–H and O–H groups in total. The molecule has 1 heterocycles. The van der Waals surface area contributed by atoms with Crippen LogP contribution in [0.3, 0.4) is 0 Å². The lowest BCUT2D eigenvalue weighted by molar-refractivity contribution is -0.182. The van der Waals surface area contributed by atoms with Crippen molar-refractivity contribution in [3.63, 3.8) is 0 Å². The smallest absolute Gasteiger partial charge is 0.282 e. The number of aliphatic hydroxyl groups is 1.